The summed E-state index contributed by atoms with van der Waals surface area (Å²) >= 11 is 4.76. The second-order valence-electron chi connectivity index (χ2n) is 11.9. The van der Waals surface area contributed by atoms with Gasteiger partial charge in [-0.05, 0) is 141 Å². The number of nitrogens with zero attached hydrogens (tertiary/aromatic N) is 4. The van der Waals surface area contributed by atoms with Crippen molar-refractivity contribution in [2.45, 2.75) is 0 Å². The Kier molecular flexibility index (Phi) is 7.06. The SMILES string of the molecule is N#Cc1cc(-c2ccc(-n3c4ccccc4c4cc(I)ccc43)cc2)cc(-c2ccc(-n3c4ccccc4c4cc(I)ccc43)cc2)n1. The van der Waals surface area contributed by atoms with Crippen LogP contribution in [0.1, 0.15) is 5.69 Å². The Balaban J connectivity index is 1.10. The summed E-state index contributed by atoms with van der Waals surface area (Å²) in [5, 5.41) is 14.9. The van der Waals surface area contributed by atoms with Crippen LogP contribution in [-0.2, 0) is 0 Å². The third-order valence-corrected chi connectivity index (χ3v) is 10.4. The standard InChI is InChI=1S/C42H24I2N4/c43-29-13-19-41-36(23-29)34-5-1-3-7-39(34)47(41)32-15-9-26(10-16-32)28-21-31(25-45)46-38(22-28)27-11-17-33(18-12-27)48-40-8-4-2-6-35(40)37-24-30(44)14-20-42(37)48/h1-24H. The Bertz CT molecular complexity index is 2570. The minimum atomic E-state index is 0.393. The summed E-state index contributed by atoms with van der Waals surface area (Å²) in [5.74, 6) is 0. The highest BCUT2D eigenvalue weighted by molar-refractivity contribution is 14.1. The van der Waals surface area contributed by atoms with Crippen molar-refractivity contribution in [3.05, 3.63) is 158 Å². The minimum Gasteiger partial charge on any atom is -0.309 e. The van der Waals surface area contributed by atoms with Gasteiger partial charge in [-0.3, -0.25) is 0 Å². The molecule has 0 saturated heterocycles. The van der Waals surface area contributed by atoms with E-state index in [4.69, 9.17) is 4.98 Å². The Hall–Kier alpha value is -4.98. The molecule has 0 radical (unpaired) electrons. The Morgan fingerprint density at radius 1 is 0.458 bits per heavy atom. The van der Waals surface area contributed by atoms with Crippen LogP contribution in [0.4, 0.5) is 0 Å². The normalized spacial score (nSPS) is 11.5. The molecular weight excluding hydrogens is 814 g/mol. The number of para-hydroxylation sites is 2. The van der Waals surface area contributed by atoms with E-state index < -0.39 is 0 Å². The summed E-state index contributed by atoms with van der Waals surface area (Å²) < 4.78 is 7.07. The van der Waals surface area contributed by atoms with E-state index in [1.807, 2.05) is 6.07 Å². The number of fused-ring (bicyclic) bond motifs is 6. The smallest absolute Gasteiger partial charge is 0.141 e. The average Bonchev–Trinajstić information content (AvgIpc) is 3.63. The van der Waals surface area contributed by atoms with Crippen LogP contribution in [0.2, 0.25) is 0 Å². The Morgan fingerprint density at radius 2 is 0.938 bits per heavy atom. The van der Waals surface area contributed by atoms with Crippen LogP contribution >= 0.6 is 45.2 Å². The predicted molar refractivity (Wildman–Crippen MR) is 214 cm³/mol. The fraction of sp³-hybridized carbons (Fsp3) is 0. The van der Waals surface area contributed by atoms with Gasteiger partial charge in [0.1, 0.15) is 11.8 Å². The molecule has 6 heteroatoms. The molecular formula is C42H24I2N4. The largest absolute Gasteiger partial charge is 0.309 e. The first-order chi connectivity index (χ1) is 23.6. The maximum Gasteiger partial charge on any atom is 0.141 e. The fourth-order valence-corrected chi connectivity index (χ4v) is 7.92. The topological polar surface area (TPSA) is 46.5 Å². The van der Waals surface area contributed by atoms with Gasteiger partial charge in [0.05, 0.1) is 27.8 Å². The number of hydrogen-bond donors (Lipinski definition) is 0. The first kappa shape index (κ1) is 29.2. The van der Waals surface area contributed by atoms with E-state index in [1.165, 1.54) is 50.8 Å². The van der Waals surface area contributed by atoms with Gasteiger partial charge in [-0.15, -0.1) is 0 Å². The van der Waals surface area contributed by atoms with Crippen LogP contribution < -0.4 is 0 Å². The monoisotopic (exact) mass is 838 g/mol. The van der Waals surface area contributed by atoms with Crippen LogP contribution in [-0.4, -0.2) is 14.1 Å². The molecule has 0 aliphatic heterocycles. The minimum absolute atomic E-state index is 0.393. The van der Waals surface area contributed by atoms with E-state index in [0.29, 0.717) is 5.69 Å². The van der Waals surface area contributed by atoms with E-state index in [2.05, 4.69) is 200 Å². The van der Waals surface area contributed by atoms with Gasteiger partial charge in [0, 0.05) is 45.6 Å². The molecule has 0 atom stereocenters. The lowest BCUT2D eigenvalue weighted by molar-refractivity contribution is 1.18. The molecule has 0 spiro atoms. The molecule has 0 unspecified atom stereocenters. The zero-order valence-electron chi connectivity index (χ0n) is 25.4. The van der Waals surface area contributed by atoms with Crippen LogP contribution in [0.15, 0.2) is 146 Å². The summed E-state index contributed by atoms with van der Waals surface area (Å²) in [7, 11) is 0. The quantitative estimate of drug-likeness (QED) is 0.166. The number of pyridine rings is 1. The van der Waals surface area contributed by atoms with Crippen molar-refractivity contribution in [3.8, 4) is 39.8 Å². The molecule has 3 heterocycles. The number of benzene rings is 6. The van der Waals surface area contributed by atoms with Crippen molar-refractivity contribution in [1.82, 2.24) is 14.1 Å². The summed E-state index contributed by atoms with van der Waals surface area (Å²) in [6, 6.07) is 53.6. The third kappa shape index (κ3) is 4.80. The maximum atomic E-state index is 9.94. The van der Waals surface area contributed by atoms with Crippen molar-refractivity contribution in [1.29, 1.82) is 5.26 Å². The molecule has 9 rings (SSSR count). The Labute approximate surface area is 304 Å². The fourth-order valence-electron chi connectivity index (χ4n) is 6.93. The van der Waals surface area contributed by atoms with Crippen LogP contribution in [0.25, 0.3) is 77.4 Å². The lowest BCUT2D eigenvalue weighted by Crippen LogP contribution is -1.95. The lowest BCUT2D eigenvalue weighted by atomic mass is 10.0. The molecule has 0 fully saturated rings. The molecule has 0 N–H and O–H groups in total. The van der Waals surface area contributed by atoms with E-state index in [1.54, 1.807) is 0 Å². The van der Waals surface area contributed by atoms with Gasteiger partial charge in [-0.25, -0.2) is 4.98 Å². The molecule has 48 heavy (non-hydrogen) atoms. The highest BCUT2D eigenvalue weighted by Crippen LogP contribution is 2.36. The number of rotatable bonds is 4. The van der Waals surface area contributed by atoms with Crippen LogP contribution in [0.3, 0.4) is 0 Å². The number of halogens is 2. The van der Waals surface area contributed by atoms with Crippen molar-refractivity contribution in [2.24, 2.45) is 0 Å². The summed E-state index contributed by atoms with van der Waals surface area (Å²) in [6.45, 7) is 0. The zero-order valence-corrected chi connectivity index (χ0v) is 29.7. The highest BCUT2D eigenvalue weighted by atomic mass is 127. The molecule has 4 nitrogen and oxygen atoms in total. The van der Waals surface area contributed by atoms with Crippen LogP contribution in [0, 0.1) is 18.5 Å². The molecule has 0 bridgehead atoms. The number of aromatic nitrogens is 3. The third-order valence-electron chi connectivity index (χ3n) is 9.09. The van der Waals surface area contributed by atoms with Crippen molar-refractivity contribution < 1.29 is 0 Å². The Morgan fingerprint density at radius 3 is 1.46 bits per heavy atom. The van der Waals surface area contributed by atoms with Gasteiger partial charge in [-0.1, -0.05) is 60.7 Å². The summed E-state index contributed by atoms with van der Waals surface area (Å²) in [4.78, 5) is 4.71. The van der Waals surface area contributed by atoms with Crippen molar-refractivity contribution in [3.63, 3.8) is 0 Å². The molecule has 226 valence electrons. The lowest BCUT2D eigenvalue weighted by Gasteiger charge is -2.11. The van der Waals surface area contributed by atoms with Gasteiger partial charge in [0.25, 0.3) is 0 Å². The van der Waals surface area contributed by atoms with Gasteiger partial charge < -0.3 is 9.13 Å². The molecule has 0 saturated carbocycles. The summed E-state index contributed by atoms with van der Waals surface area (Å²) in [5.41, 5.74) is 11.0. The van der Waals surface area contributed by atoms with E-state index in [0.717, 1.165) is 33.8 Å². The second kappa shape index (κ2) is 11.6. The van der Waals surface area contributed by atoms with Gasteiger partial charge in [0.2, 0.25) is 0 Å². The molecule has 3 aromatic heterocycles. The van der Waals surface area contributed by atoms with Crippen LogP contribution in [0.5, 0.6) is 0 Å². The molecule has 9 aromatic rings. The van der Waals surface area contributed by atoms with Crippen molar-refractivity contribution >= 4 is 88.8 Å². The molecule has 0 amide bonds. The number of nitriles is 1. The first-order valence-corrected chi connectivity index (χ1v) is 17.7. The van der Waals surface area contributed by atoms with E-state index in [9.17, 15) is 5.26 Å². The van der Waals surface area contributed by atoms with E-state index in [-0.39, 0.29) is 0 Å². The first-order valence-electron chi connectivity index (χ1n) is 15.6. The van der Waals surface area contributed by atoms with Gasteiger partial charge in [0.15, 0.2) is 0 Å². The van der Waals surface area contributed by atoms with Gasteiger partial charge >= 0.3 is 0 Å². The molecule has 6 aromatic carbocycles. The number of hydrogen-bond acceptors (Lipinski definition) is 2. The van der Waals surface area contributed by atoms with E-state index >= 15 is 0 Å². The van der Waals surface area contributed by atoms with Gasteiger partial charge in [-0.2, -0.15) is 5.26 Å². The summed E-state index contributed by atoms with van der Waals surface area (Å²) in [6.07, 6.45) is 0. The maximum absolute atomic E-state index is 9.94. The molecule has 0 aliphatic rings. The predicted octanol–water partition coefficient (Wildman–Crippen LogP) is 11.7. The zero-order chi connectivity index (χ0) is 32.4. The highest BCUT2D eigenvalue weighted by Gasteiger charge is 2.15. The van der Waals surface area contributed by atoms with Crippen molar-refractivity contribution in [2.75, 3.05) is 0 Å². The molecule has 0 aliphatic carbocycles. The average molecular weight is 838 g/mol. The second-order valence-corrected chi connectivity index (χ2v) is 14.4.